The third-order valence-corrected chi connectivity index (χ3v) is 2.85. The van der Waals surface area contributed by atoms with Gasteiger partial charge in [-0.3, -0.25) is 4.98 Å². The van der Waals surface area contributed by atoms with Gasteiger partial charge in [-0.2, -0.15) is 0 Å². The van der Waals surface area contributed by atoms with Crippen LogP contribution in [0.2, 0.25) is 0 Å². The molecular weight excluding hydrogens is 258 g/mol. The van der Waals surface area contributed by atoms with E-state index in [1.54, 1.807) is 24.4 Å². The van der Waals surface area contributed by atoms with E-state index in [-0.39, 0.29) is 11.3 Å². The Balaban J connectivity index is 2.25. The Morgan fingerprint density at radius 2 is 2.15 bits per heavy atom. The van der Waals surface area contributed by atoms with E-state index >= 15 is 0 Å². The number of aromatic nitrogens is 1. The zero-order valence-electron chi connectivity index (χ0n) is 11.1. The lowest BCUT2D eigenvalue weighted by Crippen LogP contribution is -2.03. The van der Waals surface area contributed by atoms with Crippen molar-refractivity contribution in [2.24, 2.45) is 0 Å². The highest BCUT2D eigenvalue weighted by molar-refractivity contribution is 5.96. The van der Waals surface area contributed by atoms with Crippen LogP contribution in [-0.2, 0) is 4.79 Å². The molecule has 0 radical (unpaired) electrons. The molecule has 0 aliphatic carbocycles. The summed E-state index contributed by atoms with van der Waals surface area (Å²) in [6.45, 7) is 1.89. The van der Waals surface area contributed by atoms with Crippen LogP contribution in [0.5, 0.6) is 5.75 Å². The summed E-state index contributed by atoms with van der Waals surface area (Å²) in [5.74, 6) is -0.468. The molecule has 0 saturated heterocycles. The number of pyridine rings is 1. The first kappa shape index (κ1) is 14.0. The number of carboxylic acid groups (broad SMARTS) is 1. The predicted octanol–water partition coefficient (Wildman–Crippen LogP) is 2.68. The standard InChI is InChI=1S/C15H15NO4/c1-10(17)4-3-7-20-13-9-12(15(18)19)8-11-5-2-6-16-14(11)13/h2,5-6,8-9H,3-4,7H2,1H3,(H,18,19). The number of hydrogen-bond acceptors (Lipinski definition) is 4. The highest BCUT2D eigenvalue weighted by atomic mass is 16.5. The largest absolute Gasteiger partial charge is 0.491 e. The first-order valence-electron chi connectivity index (χ1n) is 6.32. The predicted molar refractivity (Wildman–Crippen MR) is 74.1 cm³/mol. The van der Waals surface area contributed by atoms with E-state index in [2.05, 4.69) is 4.98 Å². The number of aromatic carboxylic acids is 1. The van der Waals surface area contributed by atoms with E-state index < -0.39 is 5.97 Å². The quantitative estimate of drug-likeness (QED) is 0.819. The average Bonchev–Trinajstić information content (AvgIpc) is 2.42. The lowest BCUT2D eigenvalue weighted by Gasteiger charge is -2.09. The van der Waals surface area contributed by atoms with Crippen molar-refractivity contribution >= 4 is 22.7 Å². The first-order valence-corrected chi connectivity index (χ1v) is 6.32. The Morgan fingerprint density at radius 1 is 1.35 bits per heavy atom. The van der Waals surface area contributed by atoms with Gasteiger partial charge in [-0.1, -0.05) is 6.07 Å². The van der Waals surface area contributed by atoms with Crippen LogP contribution in [0.4, 0.5) is 0 Å². The number of ketones is 1. The van der Waals surface area contributed by atoms with Crippen LogP contribution in [-0.4, -0.2) is 28.4 Å². The number of rotatable bonds is 6. The number of benzene rings is 1. The third-order valence-electron chi connectivity index (χ3n) is 2.85. The van der Waals surface area contributed by atoms with Crippen molar-refractivity contribution in [1.29, 1.82) is 0 Å². The lowest BCUT2D eigenvalue weighted by atomic mass is 10.1. The Hall–Kier alpha value is -2.43. The maximum absolute atomic E-state index is 11.1. The summed E-state index contributed by atoms with van der Waals surface area (Å²) >= 11 is 0. The second-order valence-electron chi connectivity index (χ2n) is 4.51. The molecule has 0 saturated carbocycles. The van der Waals surface area contributed by atoms with Crippen molar-refractivity contribution in [2.45, 2.75) is 19.8 Å². The van der Waals surface area contributed by atoms with Gasteiger partial charge in [0.15, 0.2) is 0 Å². The number of fused-ring (bicyclic) bond motifs is 1. The SMILES string of the molecule is CC(=O)CCCOc1cc(C(=O)O)cc2cccnc12. The second kappa shape index (κ2) is 6.14. The number of carbonyl (C=O) groups excluding carboxylic acids is 1. The van der Waals surface area contributed by atoms with Gasteiger partial charge in [0, 0.05) is 18.0 Å². The normalized spacial score (nSPS) is 10.4. The van der Waals surface area contributed by atoms with Crippen LogP contribution < -0.4 is 4.74 Å². The Bertz CT molecular complexity index is 651. The Morgan fingerprint density at radius 3 is 2.85 bits per heavy atom. The fourth-order valence-corrected chi connectivity index (χ4v) is 1.90. The van der Waals surface area contributed by atoms with Crippen molar-refractivity contribution in [3.63, 3.8) is 0 Å². The van der Waals surface area contributed by atoms with Crippen LogP contribution in [0, 0.1) is 0 Å². The summed E-state index contributed by atoms with van der Waals surface area (Å²) in [6.07, 6.45) is 2.68. The van der Waals surface area contributed by atoms with Crippen LogP contribution in [0.3, 0.4) is 0 Å². The number of carboxylic acids is 1. The zero-order chi connectivity index (χ0) is 14.5. The molecule has 0 aliphatic heterocycles. The Kier molecular flexibility index (Phi) is 4.30. The van der Waals surface area contributed by atoms with Gasteiger partial charge < -0.3 is 14.6 Å². The molecule has 104 valence electrons. The van der Waals surface area contributed by atoms with Crippen LogP contribution in [0.15, 0.2) is 30.5 Å². The molecule has 1 aromatic carbocycles. The van der Waals surface area contributed by atoms with Crippen molar-refractivity contribution in [3.8, 4) is 5.75 Å². The zero-order valence-corrected chi connectivity index (χ0v) is 11.1. The van der Waals surface area contributed by atoms with E-state index in [0.717, 1.165) is 0 Å². The van der Waals surface area contributed by atoms with Gasteiger partial charge >= 0.3 is 5.97 Å². The van der Waals surface area contributed by atoms with E-state index in [1.807, 2.05) is 0 Å². The molecule has 0 aliphatic rings. The molecule has 1 aromatic heterocycles. The van der Waals surface area contributed by atoms with Crippen molar-refractivity contribution < 1.29 is 19.4 Å². The molecular formula is C15H15NO4. The molecule has 0 spiro atoms. The maximum atomic E-state index is 11.1. The number of hydrogen-bond donors (Lipinski definition) is 1. The number of Topliss-reactive ketones (excluding diaryl/α,β-unsaturated/α-hetero) is 1. The maximum Gasteiger partial charge on any atom is 0.335 e. The first-order chi connectivity index (χ1) is 9.58. The minimum absolute atomic E-state index is 0.107. The third kappa shape index (κ3) is 3.32. The summed E-state index contributed by atoms with van der Waals surface area (Å²) in [5.41, 5.74) is 0.785. The van der Waals surface area contributed by atoms with Gasteiger partial charge in [0.1, 0.15) is 17.0 Å². The molecule has 0 fully saturated rings. The highest BCUT2D eigenvalue weighted by Crippen LogP contribution is 2.26. The monoisotopic (exact) mass is 273 g/mol. The van der Waals surface area contributed by atoms with Gasteiger partial charge in [-0.05, 0) is 31.5 Å². The molecule has 0 atom stereocenters. The summed E-state index contributed by atoms with van der Waals surface area (Å²) in [5, 5.41) is 9.81. The average molecular weight is 273 g/mol. The van der Waals surface area contributed by atoms with Gasteiger partial charge in [0.05, 0.1) is 12.2 Å². The second-order valence-corrected chi connectivity index (χ2v) is 4.51. The smallest absolute Gasteiger partial charge is 0.335 e. The Labute approximate surface area is 116 Å². The van der Waals surface area contributed by atoms with E-state index in [9.17, 15) is 9.59 Å². The lowest BCUT2D eigenvalue weighted by molar-refractivity contribution is -0.117. The number of carbonyl (C=O) groups is 2. The molecule has 0 bridgehead atoms. The minimum Gasteiger partial charge on any atom is -0.491 e. The molecule has 0 unspecified atom stereocenters. The van der Waals surface area contributed by atoms with Crippen LogP contribution >= 0.6 is 0 Å². The highest BCUT2D eigenvalue weighted by Gasteiger charge is 2.10. The van der Waals surface area contributed by atoms with E-state index in [0.29, 0.717) is 36.1 Å². The van der Waals surface area contributed by atoms with Crippen LogP contribution in [0.25, 0.3) is 10.9 Å². The molecule has 20 heavy (non-hydrogen) atoms. The summed E-state index contributed by atoms with van der Waals surface area (Å²) < 4.78 is 5.58. The summed E-state index contributed by atoms with van der Waals surface area (Å²) in [4.78, 5) is 26.2. The molecule has 5 heteroatoms. The molecule has 1 N–H and O–H groups in total. The molecule has 0 amide bonds. The van der Waals surface area contributed by atoms with E-state index in [4.69, 9.17) is 9.84 Å². The minimum atomic E-state index is -1.01. The summed E-state index contributed by atoms with van der Waals surface area (Å²) in [7, 11) is 0. The van der Waals surface area contributed by atoms with Crippen LogP contribution in [0.1, 0.15) is 30.1 Å². The summed E-state index contributed by atoms with van der Waals surface area (Å²) in [6, 6.07) is 6.56. The fraction of sp³-hybridized carbons (Fsp3) is 0.267. The van der Waals surface area contributed by atoms with Gasteiger partial charge in [-0.25, -0.2) is 4.79 Å². The van der Waals surface area contributed by atoms with Crippen molar-refractivity contribution in [2.75, 3.05) is 6.61 Å². The van der Waals surface area contributed by atoms with Crippen molar-refractivity contribution in [3.05, 3.63) is 36.0 Å². The molecule has 2 aromatic rings. The van der Waals surface area contributed by atoms with Gasteiger partial charge in [-0.15, -0.1) is 0 Å². The fourth-order valence-electron chi connectivity index (χ4n) is 1.90. The number of nitrogens with zero attached hydrogens (tertiary/aromatic N) is 1. The molecule has 2 rings (SSSR count). The molecule has 1 heterocycles. The topological polar surface area (TPSA) is 76.5 Å². The van der Waals surface area contributed by atoms with Crippen molar-refractivity contribution in [1.82, 2.24) is 4.98 Å². The van der Waals surface area contributed by atoms with Gasteiger partial charge in [0.2, 0.25) is 0 Å². The number of ether oxygens (including phenoxy) is 1. The molecule has 5 nitrogen and oxygen atoms in total. The van der Waals surface area contributed by atoms with E-state index in [1.165, 1.54) is 13.0 Å². The van der Waals surface area contributed by atoms with Gasteiger partial charge in [0.25, 0.3) is 0 Å².